The highest BCUT2D eigenvalue weighted by atomic mass is 16.1. The number of carbonyl (C=O) groups is 1. The Balaban J connectivity index is 1.82. The van der Waals surface area contributed by atoms with Crippen molar-refractivity contribution in [1.29, 1.82) is 0 Å². The van der Waals surface area contributed by atoms with Crippen LogP contribution in [0.15, 0.2) is 36.4 Å². The molecule has 1 fully saturated rings. The van der Waals surface area contributed by atoms with Crippen LogP contribution in [0.25, 0.3) is 10.9 Å². The third-order valence-corrected chi connectivity index (χ3v) is 3.83. The first kappa shape index (κ1) is 11.4. The standard InChI is InChI=1S/C16H17NO/c18-16(11-12-5-1-2-6-12)15-10-9-13-7-3-4-8-14(13)17-15/h3-4,7-10,12H,1-2,5-6,11H2. The summed E-state index contributed by atoms with van der Waals surface area (Å²) < 4.78 is 0. The molecule has 3 rings (SSSR count). The number of Topliss-reactive ketones (excluding diaryl/α,β-unsaturated/α-hetero) is 1. The van der Waals surface area contributed by atoms with Crippen molar-refractivity contribution in [2.24, 2.45) is 5.92 Å². The smallest absolute Gasteiger partial charge is 0.181 e. The summed E-state index contributed by atoms with van der Waals surface area (Å²) in [4.78, 5) is 16.6. The molecule has 1 aromatic carbocycles. The number of ketones is 1. The molecule has 0 aliphatic heterocycles. The van der Waals surface area contributed by atoms with Crippen LogP contribution in [0.2, 0.25) is 0 Å². The van der Waals surface area contributed by atoms with E-state index in [9.17, 15) is 4.79 Å². The second-order valence-electron chi connectivity index (χ2n) is 5.17. The molecule has 1 saturated carbocycles. The fourth-order valence-corrected chi connectivity index (χ4v) is 2.80. The number of para-hydroxylation sites is 1. The lowest BCUT2D eigenvalue weighted by Gasteiger charge is -2.07. The highest BCUT2D eigenvalue weighted by Gasteiger charge is 2.19. The van der Waals surface area contributed by atoms with Gasteiger partial charge in [-0.15, -0.1) is 0 Å². The summed E-state index contributed by atoms with van der Waals surface area (Å²) >= 11 is 0. The molecule has 18 heavy (non-hydrogen) atoms. The van der Waals surface area contributed by atoms with E-state index in [4.69, 9.17) is 0 Å². The van der Waals surface area contributed by atoms with Gasteiger partial charge in [0, 0.05) is 11.8 Å². The Morgan fingerprint density at radius 3 is 2.72 bits per heavy atom. The molecule has 0 bridgehead atoms. The highest BCUT2D eigenvalue weighted by Crippen LogP contribution is 2.28. The van der Waals surface area contributed by atoms with Crippen LogP contribution in [0.1, 0.15) is 42.6 Å². The number of rotatable bonds is 3. The van der Waals surface area contributed by atoms with Crippen molar-refractivity contribution in [1.82, 2.24) is 4.98 Å². The molecule has 0 amide bonds. The van der Waals surface area contributed by atoms with E-state index in [-0.39, 0.29) is 5.78 Å². The number of nitrogens with zero attached hydrogens (tertiary/aromatic N) is 1. The summed E-state index contributed by atoms with van der Waals surface area (Å²) in [7, 11) is 0. The number of carbonyl (C=O) groups excluding carboxylic acids is 1. The van der Waals surface area contributed by atoms with E-state index in [0.29, 0.717) is 18.0 Å². The van der Waals surface area contributed by atoms with Gasteiger partial charge < -0.3 is 0 Å². The van der Waals surface area contributed by atoms with E-state index in [1.807, 2.05) is 36.4 Å². The normalized spacial score (nSPS) is 16.2. The molecule has 2 aromatic rings. The van der Waals surface area contributed by atoms with Crippen molar-refractivity contribution in [3.05, 3.63) is 42.1 Å². The molecular formula is C16H17NO. The Morgan fingerprint density at radius 1 is 1.11 bits per heavy atom. The topological polar surface area (TPSA) is 30.0 Å². The zero-order valence-electron chi connectivity index (χ0n) is 10.4. The molecule has 0 saturated heterocycles. The molecule has 1 aromatic heterocycles. The van der Waals surface area contributed by atoms with Crippen LogP contribution in [0.3, 0.4) is 0 Å². The Hall–Kier alpha value is -1.70. The van der Waals surface area contributed by atoms with Crippen LogP contribution in [0.5, 0.6) is 0 Å². The molecule has 2 nitrogen and oxygen atoms in total. The Labute approximate surface area is 107 Å². The van der Waals surface area contributed by atoms with Gasteiger partial charge in [-0.3, -0.25) is 4.79 Å². The zero-order valence-corrected chi connectivity index (χ0v) is 10.4. The molecule has 1 heterocycles. The van der Waals surface area contributed by atoms with E-state index in [1.54, 1.807) is 0 Å². The lowest BCUT2D eigenvalue weighted by atomic mass is 9.99. The average Bonchev–Trinajstić information content (AvgIpc) is 2.91. The van der Waals surface area contributed by atoms with Gasteiger partial charge in [0.25, 0.3) is 0 Å². The third kappa shape index (κ3) is 2.28. The van der Waals surface area contributed by atoms with Crippen LogP contribution in [-0.4, -0.2) is 10.8 Å². The monoisotopic (exact) mass is 239 g/mol. The minimum Gasteiger partial charge on any atom is -0.292 e. The maximum Gasteiger partial charge on any atom is 0.181 e. The molecule has 1 aliphatic carbocycles. The maximum absolute atomic E-state index is 12.2. The van der Waals surface area contributed by atoms with Gasteiger partial charge >= 0.3 is 0 Å². The van der Waals surface area contributed by atoms with Crippen molar-refractivity contribution < 1.29 is 4.79 Å². The molecule has 0 spiro atoms. The van der Waals surface area contributed by atoms with Gasteiger partial charge in [-0.05, 0) is 18.1 Å². The second-order valence-corrected chi connectivity index (χ2v) is 5.17. The number of aromatic nitrogens is 1. The first-order valence-corrected chi connectivity index (χ1v) is 6.72. The number of hydrogen-bond acceptors (Lipinski definition) is 2. The van der Waals surface area contributed by atoms with Crippen molar-refractivity contribution >= 4 is 16.7 Å². The Morgan fingerprint density at radius 2 is 1.89 bits per heavy atom. The summed E-state index contributed by atoms with van der Waals surface area (Å²) in [6.45, 7) is 0. The van der Waals surface area contributed by atoms with Crippen LogP contribution >= 0.6 is 0 Å². The van der Waals surface area contributed by atoms with Gasteiger partial charge in [-0.2, -0.15) is 0 Å². The zero-order chi connectivity index (χ0) is 12.4. The predicted molar refractivity (Wildman–Crippen MR) is 72.6 cm³/mol. The number of fused-ring (bicyclic) bond motifs is 1. The quantitative estimate of drug-likeness (QED) is 0.758. The van der Waals surface area contributed by atoms with Gasteiger partial charge in [0.1, 0.15) is 5.69 Å². The van der Waals surface area contributed by atoms with E-state index < -0.39 is 0 Å². The van der Waals surface area contributed by atoms with Gasteiger partial charge in [-0.25, -0.2) is 4.98 Å². The van der Waals surface area contributed by atoms with Crippen molar-refractivity contribution in [2.75, 3.05) is 0 Å². The molecule has 0 radical (unpaired) electrons. The van der Waals surface area contributed by atoms with Gasteiger partial charge in [0.2, 0.25) is 0 Å². The molecule has 1 aliphatic rings. The summed E-state index contributed by atoms with van der Waals surface area (Å²) in [5.41, 5.74) is 1.54. The van der Waals surface area contributed by atoms with Gasteiger partial charge in [-0.1, -0.05) is 49.9 Å². The molecule has 0 N–H and O–H groups in total. The number of benzene rings is 1. The van der Waals surface area contributed by atoms with Crippen LogP contribution in [0.4, 0.5) is 0 Å². The first-order valence-electron chi connectivity index (χ1n) is 6.72. The Bertz CT molecular complexity index is 570. The maximum atomic E-state index is 12.2. The molecular weight excluding hydrogens is 222 g/mol. The van der Waals surface area contributed by atoms with Gasteiger partial charge in [0.05, 0.1) is 5.52 Å². The predicted octanol–water partition coefficient (Wildman–Crippen LogP) is 4.00. The minimum atomic E-state index is 0.202. The van der Waals surface area contributed by atoms with Crippen molar-refractivity contribution in [3.8, 4) is 0 Å². The third-order valence-electron chi connectivity index (χ3n) is 3.83. The van der Waals surface area contributed by atoms with E-state index in [1.165, 1.54) is 25.7 Å². The summed E-state index contributed by atoms with van der Waals surface area (Å²) in [6.07, 6.45) is 5.65. The molecule has 0 atom stereocenters. The average molecular weight is 239 g/mol. The molecule has 92 valence electrons. The largest absolute Gasteiger partial charge is 0.292 e. The van der Waals surface area contributed by atoms with Crippen molar-refractivity contribution in [3.63, 3.8) is 0 Å². The van der Waals surface area contributed by atoms with Crippen LogP contribution < -0.4 is 0 Å². The number of pyridine rings is 1. The second kappa shape index (κ2) is 4.89. The van der Waals surface area contributed by atoms with Crippen molar-refractivity contribution in [2.45, 2.75) is 32.1 Å². The molecule has 2 heteroatoms. The first-order chi connectivity index (χ1) is 8.83. The minimum absolute atomic E-state index is 0.202. The van der Waals surface area contributed by atoms with E-state index in [2.05, 4.69) is 4.98 Å². The summed E-state index contributed by atoms with van der Waals surface area (Å²) in [5, 5.41) is 1.09. The SMILES string of the molecule is O=C(CC1CCCC1)c1ccc2ccccc2n1. The highest BCUT2D eigenvalue weighted by molar-refractivity contribution is 5.96. The lowest BCUT2D eigenvalue weighted by molar-refractivity contribution is 0.0957. The lowest BCUT2D eigenvalue weighted by Crippen LogP contribution is -2.07. The summed E-state index contributed by atoms with van der Waals surface area (Å²) in [5.74, 6) is 0.790. The van der Waals surface area contributed by atoms with Crippen LogP contribution in [-0.2, 0) is 0 Å². The Kier molecular flexibility index (Phi) is 3.09. The number of hydrogen-bond donors (Lipinski definition) is 0. The van der Waals surface area contributed by atoms with E-state index >= 15 is 0 Å². The molecule has 0 unspecified atom stereocenters. The van der Waals surface area contributed by atoms with Gasteiger partial charge in [0.15, 0.2) is 5.78 Å². The van der Waals surface area contributed by atoms with E-state index in [0.717, 1.165) is 10.9 Å². The summed E-state index contributed by atoms with van der Waals surface area (Å²) in [6, 6.07) is 11.8. The fraction of sp³-hybridized carbons (Fsp3) is 0.375. The fourth-order valence-electron chi connectivity index (χ4n) is 2.80. The van der Waals surface area contributed by atoms with Crippen LogP contribution in [0, 0.1) is 5.92 Å².